The van der Waals surface area contributed by atoms with Crippen molar-refractivity contribution in [1.82, 2.24) is 4.90 Å². The molecule has 1 saturated heterocycles. The van der Waals surface area contributed by atoms with Gasteiger partial charge in [0.05, 0.1) is 5.69 Å². The molecule has 1 aliphatic rings. The van der Waals surface area contributed by atoms with Gasteiger partial charge in [0, 0.05) is 12.7 Å². The van der Waals surface area contributed by atoms with E-state index < -0.39 is 33.1 Å². The first kappa shape index (κ1) is 26.5. The van der Waals surface area contributed by atoms with Crippen molar-refractivity contribution < 1.29 is 14.0 Å². The maximum absolute atomic E-state index is 14.7. The van der Waals surface area contributed by atoms with Crippen LogP contribution in [0, 0.1) is 5.82 Å². The fraction of sp³-hybridized carbons (Fsp3) is 0.148. The van der Waals surface area contributed by atoms with Crippen LogP contribution < -0.4 is 10.2 Å². The van der Waals surface area contributed by atoms with Crippen molar-refractivity contribution >= 4 is 97.1 Å². The van der Waals surface area contributed by atoms with Crippen LogP contribution in [0.5, 0.6) is 0 Å². The summed E-state index contributed by atoms with van der Waals surface area (Å²) >= 11 is 24.9. The number of carbonyl (C=O) groups excluding carboxylic acids is 2. The third-order valence-electron chi connectivity index (χ3n) is 6.15. The molecule has 1 N–H and O–H groups in total. The molecule has 1 fully saturated rings. The van der Waals surface area contributed by atoms with Gasteiger partial charge in [-0.15, -0.1) is 11.6 Å². The van der Waals surface area contributed by atoms with Gasteiger partial charge >= 0.3 is 6.03 Å². The third-order valence-corrected chi connectivity index (χ3v) is 7.76. The van der Waals surface area contributed by atoms with Gasteiger partial charge in [-0.25, -0.2) is 19.1 Å². The number of amidine groups is 1. The van der Waals surface area contributed by atoms with Gasteiger partial charge in [-0.2, -0.15) is 0 Å². The van der Waals surface area contributed by atoms with Crippen molar-refractivity contribution in [1.29, 1.82) is 0 Å². The molecule has 0 radical (unpaired) electrons. The summed E-state index contributed by atoms with van der Waals surface area (Å²) in [4.78, 5) is 32.0. The second kappa shape index (κ2) is 10.2. The summed E-state index contributed by atoms with van der Waals surface area (Å²) in [6.45, 7) is 0. The summed E-state index contributed by atoms with van der Waals surface area (Å²) in [6.07, 6.45) is -1.20. The van der Waals surface area contributed by atoms with Crippen LogP contribution in [0.4, 0.5) is 20.6 Å². The van der Waals surface area contributed by atoms with Crippen LogP contribution in [0.2, 0.25) is 0 Å². The molecule has 6 nitrogen and oxygen atoms in total. The number of halogens is 5. The molecule has 0 aliphatic carbocycles. The van der Waals surface area contributed by atoms with Crippen molar-refractivity contribution in [2.45, 2.75) is 15.3 Å². The molecular formula is C27H19Cl4FN4O2. The van der Waals surface area contributed by atoms with Crippen LogP contribution in [-0.2, 0) is 4.79 Å². The molecule has 0 spiro atoms. The molecule has 3 amide bonds. The normalized spacial score (nSPS) is 17.1. The number of nitrogens with zero attached hydrogens (tertiary/aromatic N) is 3. The summed E-state index contributed by atoms with van der Waals surface area (Å²) in [5.41, 5.74) is 0.426. The van der Waals surface area contributed by atoms with Gasteiger partial charge in [-0.1, -0.05) is 77.3 Å². The van der Waals surface area contributed by atoms with E-state index in [1.807, 2.05) is 42.5 Å². The number of benzene rings is 4. The Morgan fingerprint density at radius 3 is 2.13 bits per heavy atom. The SMILES string of the molecule is CN1C(=O)C(=NC(Nc2ccc3cc4ccccc4cc3c2)C(Cl)C(Cl)(Cl)Cl)N(c2ccccc2F)C1=O. The van der Waals surface area contributed by atoms with Crippen molar-refractivity contribution in [2.75, 3.05) is 17.3 Å². The number of nitrogens with one attached hydrogen (secondary N) is 1. The highest BCUT2D eigenvalue weighted by Gasteiger charge is 2.45. The quantitative estimate of drug-likeness (QED) is 0.150. The highest BCUT2D eigenvalue weighted by molar-refractivity contribution is 6.70. The summed E-state index contributed by atoms with van der Waals surface area (Å²) < 4.78 is 12.6. The number of fused-ring (bicyclic) bond motifs is 2. The van der Waals surface area contributed by atoms with Crippen LogP contribution in [-0.4, -0.2) is 45.1 Å². The van der Waals surface area contributed by atoms with Gasteiger partial charge < -0.3 is 5.32 Å². The molecule has 5 rings (SSSR count). The monoisotopic (exact) mass is 590 g/mol. The average molecular weight is 592 g/mol. The Morgan fingerprint density at radius 2 is 1.47 bits per heavy atom. The summed E-state index contributed by atoms with van der Waals surface area (Å²) in [6, 6.07) is 22.4. The molecule has 4 aromatic carbocycles. The van der Waals surface area contributed by atoms with Crippen molar-refractivity contribution in [3.63, 3.8) is 0 Å². The predicted octanol–water partition coefficient (Wildman–Crippen LogP) is 7.34. The maximum atomic E-state index is 14.7. The Balaban J connectivity index is 1.58. The number of aliphatic imine (C=N–C) groups is 1. The number of para-hydroxylation sites is 1. The number of rotatable bonds is 5. The van der Waals surface area contributed by atoms with E-state index in [-0.39, 0.29) is 11.5 Å². The number of hydrogen-bond acceptors (Lipinski definition) is 4. The van der Waals surface area contributed by atoms with Crippen LogP contribution >= 0.6 is 46.4 Å². The number of urea groups is 1. The molecular weight excluding hydrogens is 573 g/mol. The Hall–Kier alpha value is -3.10. The summed E-state index contributed by atoms with van der Waals surface area (Å²) in [5, 5.41) is 5.92. The lowest BCUT2D eigenvalue weighted by molar-refractivity contribution is -0.119. The molecule has 1 aliphatic heterocycles. The van der Waals surface area contributed by atoms with Gasteiger partial charge in [0.1, 0.15) is 17.4 Å². The molecule has 4 aromatic rings. The van der Waals surface area contributed by atoms with Crippen LogP contribution in [0.3, 0.4) is 0 Å². The zero-order valence-electron chi connectivity index (χ0n) is 19.7. The minimum Gasteiger partial charge on any atom is -0.362 e. The lowest BCUT2D eigenvalue weighted by Crippen LogP contribution is -2.40. The van der Waals surface area contributed by atoms with E-state index in [1.165, 1.54) is 31.3 Å². The predicted molar refractivity (Wildman–Crippen MR) is 153 cm³/mol. The van der Waals surface area contributed by atoms with Gasteiger partial charge in [0.2, 0.25) is 9.63 Å². The first-order valence-corrected chi connectivity index (χ1v) is 13.0. The first-order chi connectivity index (χ1) is 18.0. The van der Waals surface area contributed by atoms with Crippen molar-refractivity contribution in [3.8, 4) is 0 Å². The number of amides is 3. The van der Waals surface area contributed by atoms with E-state index in [1.54, 1.807) is 6.07 Å². The molecule has 1 heterocycles. The molecule has 11 heteroatoms. The number of anilines is 2. The number of hydrogen-bond donors (Lipinski definition) is 1. The third kappa shape index (κ3) is 4.99. The summed E-state index contributed by atoms with van der Waals surface area (Å²) in [7, 11) is 1.27. The van der Waals surface area contributed by atoms with E-state index in [0.717, 1.165) is 31.3 Å². The first-order valence-electron chi connectivity index (χ1n) is 11.4. The maximum Gasteiger partial charge on any atom is 0.337 e. The Morgan fingerprint density at radius 1 is 0.868 bits per heavy atom. The van der Waals surface area contributed by atoms with Gasteiger partial charge in [-0.3, -0.25) is 9.69 Å². The Kier molecular flexibility index (Phi) is 7.13. The van der Waals surface area contributed by atoms with Crippen LogP contribution in [0.15, 0.2) is 83.9 Å². The molecule has 2 atom stereocenters. The fourth-order valence-corrected chi connectivity index (χ4v) is 4.70. The summed E-state index contributed by atoms with van der Waals surface area (Å²) in [5.74, 6) is -1.85. The molecule has 38 heavy (non-hydrogen) atoms. The van der Waals surface area contributed by atoms with Crippen molar-refractivity contribution in [2.24, 2.45) is 4.99 Å². The molecule has 2 unspecified atom stereocenters. The second-order valence-corrected chi connectivity index (χ2v) is 11.5. The molecule has 0 aromatic heterocycles. The lowest BCUT2D eigenvalue weighted by atomic mass is 10.0. The van der Waals surface area contributed by atoms with E-state index >= 15 is 0 Å². The number of alkyl halides is 4. The van der Waals surface area contributed by atoms with Crippen molar-refractivity contribution in [3.05, 3.63) is 84.7 Å². The molecule has 194 valence electrons. The second-order valence-electron chi connectivity index (χ2n) is 8.68. The van der Waals surface area contributed by atoms with E-state index in [2.05, 4.69) is 16.4 Å². The smallest absolute Gasteiger partial charge is 0.337 e. The highest BCUT2D eigenvalue weighted by Crippen LogP contribution is 2.38. The topological polar surface area (TPSA) is 65.0 Å². The number of imide groups is 1. The largest absolute Gasteiger partial charge is 0.362 e. The Labute approximate surface area is 237 Å². The highest BCUT2D eigenvalue weighted by atomic mass is 35.6. The zero-order valence-corrected chi connectivity index (χ0v) is 22.7. The Bertz CT molecular complexity index is 1610. The minimum absolute atomic E-state index is 0.148. The van der Waals surface area contributed by atoms with Gasteiger partial charge in [-0.05, 0) is 57.9 Å². The average Bonchev–Trinajstić information content (AvgIpc) is 3.09. The standard InChI is InChI=1S/C27H19Cl4FN4O2/c1-35-25(37)24(36(26(35)38)21-9-5-4-8-20(21)32)34-23(22(28)27(29,30)31)33-19-11-10-17-12-15-6-2-3-7-16(15)13-18(17)14-19/h2-14,22-23,33H,1H3. The van der Waals surface area contributed by atoms with Crippen LogP contribution in [0.25, 0.3) is 21.5 Å². The molecule has 0 saturated carbocycles. The van der Waals surface area contributed by atoms with Crippen LogP contribution in [0.1, 0.15) is 0 Å². The number of carbonyl (C=O) groups is 2. The van der Waals surface area contributed by atoms with E-state index in [9.17, 15) is 14.0 Å². The zero-order chi connectivity index (χ0) is 27.2. The minimum atomic E-state index is -2.00. The van der Waals surface area contributed by atoms with Gasteiger partial charge in [0.25, 0.3) is 5.91 Å². The van der Waals surface area contributed by atoms with E-state index in [4.69, 9.17) is 46.4 Å². The lowest BCUT2D eigenvalue weighted by Gasteiger charge is -2.27. The molecule has 0 bridgehead atoms. The van der Waals surface area contributed by atoms with Gasteiger partial charge in [0.15, 0.2) is 0 Å². The fourth-order valence-electron chi connectivity index (χ4n) is 4.22. The number of likely N-dealkylation sites (N-methyl/N-ethyl adjacent to an activating group) is 1. The van der Waals surface area contributed by atoms with E-state index in [0.29, 0.717) is 5.69 Å².